The van der Waals surface area contributed by atoms with Crippen LogP contribution in [0.5, 0.6) is 0 Å². The number of aromatic nitrogens is 1. The minimum atomic E-state index is -0.689. The van der Waals surface area contributed by atoms with Crippen molar-refractivity contribution >= 4 is 18.1 Å². The molecule has 1 N–H and O–H groups in total. The smallest absolute Gasteiger partial charge is 0.417 e. The summed E-state index contributed by atoms with van der Waals surface area (Å²) in [4.78, 5) is 38.0. The molecule has 1 saturated heterocycles. The molecule has 258 valence electrons. The summed E-state index contributed by atoms with van der Waals surface area (Å²) in [6.07, 6.45) is 20.9. The Bertz CT molecular complexity index is 950. The van der Waals surface area contributed by atoms with Gasteiger partial charge in [-0.15, -0.1) is 0 Å². The third-order valence-electron chi connectivity index (χ3n) is 8.35. The largest absolute Gasteiger partial charge is 1.00 e. The fourth-order valence-electron chi connectivity index (χ4n) is 5.62. The van der Waals surface area contributed by atoms with Crippen LogP contribution in [0.4, 0.5) is 9.59 Å². The van der Waals surface area contributed by atoms with Crippen molar-refractivity contribution in [3.63, 3.8) is 0 Å². The lowest BCUT2D eigenvalue weighted by Crippen LogP contribution is -3.00. The van der Waals surface area contributed by atoms with Crippen molar-refractivity contribution in [1.82, 2.24) is 10.2 Å². The van der Waals surface area contributed by atoms with E-state index < -0.39 is 12.2 Å². The Hall–Kier alpha value is -2.39. The van der Waals surface area contributed by atoms with Crippen molar-refractivity contribution in [1.29, 1.82) is 0 Å². The molecular formula is C35H60ClN3O6. The molecule has 0 aliphatic carbocycles. The highest BCUT2D eigenvalue weighted by atomic mass is 35.5. The molecule has 3 amide bonds. The Labute approximate surface area is 278 Å². The molecule has 0 aromatic carbocycles. The van der Waals surface area contributed by atoms with Crippen molar-refractivity contribution in [2.24, 2.45) is 5.92 Å². The number of alkyl carbamates (subject to hydrolysis) is 1. The van der Waals surface area contributed by atoms with Crippen LogP contribution < -0.4 is 22.3 Å². The summed E-state index contributed by atoms with van der Waals surface area (Å²) in [6, 6.07) is 5.67. The van der Waals surface area contributed by atoms with Gasteiger partial charge >= 0.3 is 12.2 Å². The Kier molecular flexibility index (Phi) is 23.3. The third kappa shape index (κ3) is 18.4. The van der Waals surface area contributed by atoms with E-state index in [1.807, 2.05) is 35.9 Å². The van der Waals surface area contributed by atoms with Crippen LogP contribution in [0, 0.1) is 5.92 Å². The Morgan fingerprint density at radius 1 is 0.867 bits per heavy atom. The van der Waals surface area contributed by atoms with E-state index >= 15 is 0 Å². The van der Waals surface area contributed by atoms with Gasteiger partial charge in [-0.25, -0.2) is 19.1 Å². The van der Waals surface area contributed by atoms with E-state index in [0.717, 1.165) is 30.0 Å². The minimum Gasteiger partial charge on any atom is -1.00 e. The molecular weight excluding hydrogens is 594 g/mol. The van der Waals surface area contributed by atoms with E-state index in [0.29, 0.717) is 19.6 Å². The lowest BCUT2D eigenvalue weighted by Gasteiger charge is -2.19. The predicted octanol–water partition coefficient (Wildman–Crippen LogP) is 4.49. The molecule has 0 unspecified atom stereocenters. The molecule has 1 aliphatic rings. The van der Waals surface area contributed by atoms with Crippen LogP contribution in [0.2, 0.25) is 0 Å². The first-order chi connectivity index (χ1) is 21.4. The molecule has 0 radical (unpaired) electrons. The number of amides is 3. The zero-order chi connectivity index (χ0) is 31.8. The number of nitrogens with one attached hydrogen (secondary N) is 1. The zero-order valence-corrected chi connectivity index (χ0v) is 29.0. The summed E-state index contributed by atoms with van der Waals surface area (Å²) in [5, 5.41) is 2.85. The molecule has 1 aromatic heterocycles. The molecule has 1 aromatic rings. The third-order valence-corrected chi connectivity index (χ3v) is 8.35. The molecule has 0 saturated carbocycles. The van der Waals surface area contributed by atoms with Gasteiger partial charge in [0.1, 0.15) is 19.7 Å². The van der Waals surface area contributed by atoms with Crippen LogP contribution in [0.15, 0.2) is 24.4 Å². The number of carbonyl (C=O) groups excluding carboxylic acids is 3. The highest BCUT2D eigenvalue weighted by molar-refractivity contribution is 5.90. The maximum absolute atomic E-state index is 12.7. The van der Waals surface area contributed by atoms with Crippen LogP contribution >= 0.6 is 0 Å². The van der Waals surface area contributed by atoms with Crippen LogP contribution in [0.1, 0.15) is 129 Å². The number of pyridine rings is 1. The van der Waals surface area contributed by atoms with Crippen molar-refractivity contribution in [3.8, 4) is 0 Å². The fourth-order valence-corrected chi connectivity index (χ4v) is 5.62. The molecule has 9 nitrogen and oxygen atoms in total. The lowest BCUT2D eigenvalue weighted by molar-refractivity contribution is -0.701. The normalized spacial score (nSPS) is 15.7. The van der Waals surface area contributed by atoms with Gasteiger partial charge in [0.15, 0.2) is 6.20 Å². The molecule has 2 atom stereocenters. The molecule has 45 heavy (non-hydrogen) atoms. The Balaban J connectivity index is 0.0000101. The SMILES string of the molecule is CCCCCCCCCCCCCCCCCNC(=O)OC[C@@H]1CO[C@@H](COC(=O)N(Cc2cccc[n+]2CC)C(C)=O)C1.[Cl-]. The second-order valence-corrected chi connectivity index (χ2v) is 12.2. The number of ether oxygens (including phenoxy) is 3. The van der Waals surface area contributed by atoms with E-state index in [1.54, 1.807) is 0 Å². The topological polar surface area (TPSA) is 98.1 Å². The van der Waals surface area contributed by atoms with Crippen LogP contribution in [0.3, 0.4) is 0 Å². The van der Waals surface area contributed by atoms with Gasteiger partial charge in [0, 0.05) is 31.5 Å². The first-order valence-corrected chi connectivity index (χ1v) is 17.4. The number of hydrogen-bond acceptors (Lipinski definition) is 6. The van der Waals surface area contributed by atoms with Gasteiger partial charge in [-0.2, -0.15) is 0 Å². The molecule has 1 fully saturated rings. The average molecular weight is 654 g/mol. The number of hydrogen-bond donors (Lipinski definition) is 1. The number of nitrogens with zero attached hydrogens (tertiary/aromatic N) is 2. The van der Waals surface area contributed by atoms with Gasteiger partial charge in [-0.3, -0.25) is 4.79 Å². The van der Waals surface area contributed by atoms with Crippen molar-refractivity contribution in [3.05, 3.63) is 30.1 Å². The molecule has 10 heteroatoms. The zero-order valence-electron chi connectivity index (χ0n) is 28.2. The van der Waals surface area contributed by atoms with E-state index in [2.05, 4.69) is 12.2 Å². The van der Waals surface area contributed by atoms with Gasteiger partial charge < -0.3 is 31.9 Å². The highest BCUT2D eigenvalue weighted by Crippen LogP contribution is 2.21. The van der Waals surface area contributed by atoms with Gasteiger partial charge in [-0.1, -0.05) is 103 Å². The second kappa shape index (κ2) is 25.8. The lowest BCUT2D eigenvalue weighted by atomic mass is 10.0. The quantitative estimate of drug-likeness (QED) is 0.138. The van der Waals surface area contributed by atoms with Crippen molar-refractivity contribution in [2.45, 2.75) is 143 Å². The van der Waals surface area contributed by atoms with Gasteiger partial charge in [0.25, 0.3) is 0 Å². The first kappa shape index (κ1) is 40.6. The van der Waals surface area contributed by atoms with E-state index in [-0.39, 0.29) is 50.1 Å². The van der Waals surface area contributed by atoms with E-state index in [1.165, 1.54) is 90.4 Å². The molecule has 2 rings (SSSR count). The number of unbranched alkanes of at least 4 members (excludes halogenated alkanes) is 14. The summed E-state index contributed by atoms with van der Waals surface area (Å²) in [6.45, 7) is 7.87. The summed E-state index contributed by atoms with van der Waals surface area (Å²) in [5.74, 6) is -0.331. The number of halogens is 1. The van der Waals surface area contributed by atoms with Gasteiger partial charge in [-0.05, 0) is 19.8 Å². The van der Waals surface area contributed by atoms with Crippen LogP contribution in [-0.4, -0.2) is 55.5 Å². The number of carbonyl (C=O) groups is 3. The van der Waals surface area contributed by atoms with E-state index in [9.17, 15) is 14.4 Å². The molecule has 2 heterocycles. The molecule has 1 aliphatic heterocycles. The van der Waals surface area contributed by atoms with Crippen molar-refractivity contribution < 1.29 is 45.6 Å². The predicted molar refractivity (Wildman–Crippen MR) is 172 cm³/mol. The highest BCUT2D eigenvalue weighted by Gasteiger charge is 2.30. The summed E-state index contributed by atoms with van der Waals surface area (Å²) in [7, 11) is 0. The first-order valence-electron chi connectivity index (χ1n) is 17.4. The summed E-state index contributed by atoms with van der Waals surface area (Å²) < 4.78 is 18.5. The number of aryl methyl sites for hydroxylation is 1. The number of rotatable bonds is 23. The Morgan fingerprint density at radius 3 is 2.04 bits per heavy atom. The van der Waals surface area contributed by atoms with Crippen LogP contribution in [-0.2, 0) is 32.1 Å². The fraction of sp³-hybridized carbons (Fsp3) is 0.771. The summed E-state index contributed by atoms with van der Waals surface area (Å²) in [5.41, 5.74) is 0.842. The van der Waals surface area contributed by atoms with Crippen molar-refractivity contribution in [2.75, 3.05) is 26.4 Å². The maximum Gasteiger partial charge on any atom is 0.417 e. The summed E-state index contributed by atoms with van der Waals surface area (Å²) >= 11 is 0. The second-order valence-electron chi connectivity index (χ2n) is 12.2. The Morgan fingerprint density at radius 2 is 1.47 bits per heavy atom. The minimum absolute atomic E-state index is 0. The van der Waals surface area contributed by atoms with Crippen LogP contribution in [0.25, 0.3) is 0 Å². The maximum atomic E-state index is 12.7. The average Bonchev–Trinajstić information content (AvgIpc) is 3.49. The molecule has 0 spiro atoms. The van der Waals surface area contributed by atoms with Gasteiger partial charge in [0.2, 0.25) is 11.6 Å². The molecule has 0 bridgehead atoms. The number of imide groups is 1. The van der Waals surface area contributed by atoms with Gasteiger partial charge in [0.05, 0.1) is 19.3 Å². The standard InChI is InChI=1S/C35H59N3O6.ClH/c1-4-6-7-8-9-10-11-12-13-14-15-16-17-18-20-23-36-34(40)43-28-31-25-33(42-27-31)29-44-35(41)38(30(3)39)26-32-22-19-21-24-37(32)5-2;/h19,21-22,24,31,33H,4-18,20,23,25-29H2,1-3H3;1H/t31-,33+;/m0./s1. The monoisotopic (exact) mass is 653 g/mol. The van der Waals surface area contributed by atoms with E-state index in [4.69, 9.17) is 14.2 Å².